The second-order valence-electron chi connectivity index (χ2n) is 4.60. The molecule has 0 fully saturated rings. The lowest BCUT2D eigenvalue weighted by Gasteiger charge is -2.07. The molecule has 0 spiro atoms. The molecule has 1 atom stereocenters. The number of pyridine rings is 1. The lowest BCUT2D eigenvalue weighted by molar-refractivity contribution is 0.462. The van der Waals surface area contributed by atoms with Gasteiger partial charge in [0, 0.05) is 18.3 Å². The fourth-order valence-corrected chi connectivity index (χ4v) is 1.76. The van der Waals surface area contributed by atoms with Crippen molar-refractivity contribution in [2.45, 2.75) is 26.3 Å². The van der Waals surface area contributed by atoms with Crippen LogP contribution in [-0.2, 0) is 6.42 Å². The van der Waals surface area contributed by atoms with E-state index in [1.165, 1.54) is 5.56 Å². The second-order valence-corrected chi connectivity index (χ2v) is 4.60. The minimum absolute atomic E-state index is 0.148. The van der Waals surface area contributed by atoms with E-state index >= 15 is 0 Å². The van der Waals surface area contributed by atoms with Crippen molar-refractivity contribution in [3.63, 3.8) is 0 Å². The summed E-state index contributed by atoms with van der Waals surface area (Å²) < 4.78 is 5.68. The first-order valence-electron chi connectivity index (χ1n) is 6.08. The molecule has 3 heteroatoms. The lowest BCUT2D eigenvalue weighted by atomic mass is 10.1. The molecule has 0 aliphatic rings. The highest BCUT2D eigenvalue weighted by molar-refractivity contribution is 5.31. The first-order chi connectivity index (χ1) is 8.63. The number of hydrogen-bond donors (Lipinski definition) is 1. The van der Waals surface area contributed by atoms with Gasteiger partial charge in [-0.05, 0) is 43.5 Å². The Bertz CT molecular complexity index is 506. The summed E-state index contributed by atoms with van der Waals surface area (Å²) in [6.45, 7) is 4.02. The molecule has 1 aromatic carbocycles. The Morgan fingerprint density at radius 3 is 2.72 bits per heavy atom. The van der Waals surface area contributed by atoms with Crippen molar-refractivity contribution in [3.8, 4) is 11.6 Å². The molecule has 18 heavy (non-hydrogen) atoms. The Kier molecular flexibility index (Phi) is 3.95. The molecular weight excluding hydrogens is 224 g/mol. The van der Waals surface area contributed by atoms with Gasteiger partial charge in [-0.15, -0.1) is 0 Å². The number of nitrogens with zero attached hydrogens (tertiary/aromatic N) is 1. The van der Waals surface area contributed by atoms with Crippen LogP contribution >= 0.6 is 0 Å². The van der Waals surface area contributed by atoms with Crippen LogP contribution in [0.4, 0.5) is 0 Å². The number of aromatic nitrogens is 1. The van der Waals surface area contributed by atoms with E-state index in [-0.39, 0.29) is 6.04 Å². The van der Waals surface area contributed by atoms with E-state index in [9.17, 15) is 0 Å². The van der Waals surface area contributed by atoms with E-state index in [0.29, 0.717) is 5.88 Å². The van der Waals surface area contributed by atoms with E-state index in [1.807, 2.05) is 56.4 Å². The minimum Gasteiger partial charge on any atom is -0.439 e. The van der Waals surface area contributed by atoms with Gasteiger partial charge in [0.15, 0.2) is 0 Å². The number of hydrogen-bond acceptors (Lipinski definition) is 3. The van der Waals surface area contributed by atoms with Crippen LogP contribution in [0.5, 0.6) is 11.6 Å². The number of nitrogens with two attached hydrogens (primary N) is 1. The summed E-state index contributed by atoms with van der Waals surface area (Å²) in [6, 6.07) is 11.9. The van der Waals surface area contributed by atoms with E-state index < -0.39 is 0 Å². The smallest absolute Gasteiger partial charge is 0.219 e. The summed E-state index contributed by atoms with van der Waals surface area (Å²) in [4.78, 5) is 4.28. The number of ether oxygens (including phenoxy) is 1. The highest BCUT2D eigenvalue weighted by atomic mass is 16.5. The molecule has 0 aliphatic carbocycles. The normalized spacial score (nSPS) is 12.2. The average molecular weight is 242 g/mol. The molecule has 2 rings (SSSR count). The third-order valence-corrected chi connectivity index (χ3v) is 2.57. The molecule has 94 valence electrons. The highest BCUT2D eigenvalue weighted by Gasteiger charge is 2.01. The predicted octanol–water partition coefficient (Wildman–Crippen LogP) is 3.07. The monoisotopic (exact) mass is 242 g/mol. The molecular formula is C15H18N2O. The van der Waals surface area contributed by atoms with Crippen LogP contribution in [0.15, 0.2) is 42.6 Å². The summed E-state index contributed by atoms with van der Waals surface area (Å²) in [6.07, 6.45) is 2.65. The fourth-order valence-electron chi connectivity index (χ4n) is 1.76. The lowest BCUT2D eigenvalue weighted by Crippen LogP contribution is -2.17. The quantitative estimate of drug-likeness (QED) is 0.896. The van der Waals surface area contributed by atoms with Crippen LogP contribution in [0, 0.1) is 6.92 Å². The van der Waals surface area contributed by atoms with Crippen LogP contribution in [0.2, 0.25) is 0 Å². The zero-order valence-electron chi connectivity index (χ0n) is 10.8. The zero-order valence-corrected chi connectivity index (χ0v) is 10.8. The summed E-state index contributed by atoms with van der Waals surface area (Å²) in [5, 5.41) is 0. The second kappa shape index (κ2) is 5.65. The Morgan fingerprint density at radius 2 is 2.11 bits per heavy atom. The zero-order chi connectivity index (χ0) is 13.0. The molecule has 0 amide bonds. The molecule has 1 aromatic heterocycles. The van der Waals surface area contributed by atoms with E-state index in [1.54, 1.807) is 0 Å². The van der Waals surface area contributed by atoms with Crippen molar-refractivity contribution >= 4 is 0 Å². The van der Waals surface area contributed by atoms with Crippen LogP contribution in [-0.4, -0.2) is 11.0 Å². The maximum absolute atomic E-state index is 5.74. The van der Waals surface area contributed by atoms with Crippen molar-refractivity contribution in [3.05, 3.63) is 53.7 Å². The van der Waals surface area contributed by atoms with Crippen LogP contribution in [0.25, 0.3) is 0 Å². The van der Waals surface area contributed by atoms with Gasteiger partial charge in [0.1, 0.15) is 5.75 Å². The summed E-state index contributed by atoms with van der Waals surface area (Å²) in [5.41, 5.74) is 8.04. The van der Waals surface area contributed by atoms with Crippen LogP contribution in [0.3, 0.4) is 0 Å². The van der Waals surface area contributed by atoms with Gasteiger partial charge in [-0.1, -0.05) is 18.2 Å². The van der Waals surface area contributed by atoms with Crippen LogP contribution in [0.1, 0.15) is 18.1 Å². The van der Waals surface area contributed by atoms with Gasteiger partial charge < -0.3 is 10.5 Å². The van der Waals surface area contributed by atoms with Gasteiger partial charge in [-0.25, -0.2) is 4.98 Å². The number of rotatable bonds is 4. The topological polar surface area (TPSA) is 48.1 Å². The molecule has 1 unspecified atom stereocenters. The molecule has 3 nitrogen and oxygen atoms in total. The van der Waals surface area contributed by atoms with Crippen molar-refractivity contribution in [2.24, 2.45) is 5.73 Å². The third kappa shape index (κ3) is 3.57. The maximum atomic E-state index is 5.74. The van der Waals surface area contributed by atoms with Gasteiger partial charge in [0.25, 0.3) is 0 Å². The fraction of sp³-hybridized carbons (Fsp3) is 0.267. The first kappa shape index (κ1) is 12.6. The third-order valence-electron chi connectivity index (χ3n) is 2.57. The van der Waals surface area contributed by atoms with Crippen molar-refractivity contribution in [2.75, 3.05) is 0 Å². The molecule has 2 aromatic rings. The maximum Gasteiger partial charge on any atom is 0.219 e. The molecule has 0 radical (unpaired) electrons. The van der Waals surface area contributed by atoms with E-state index in [4.69, 9.17) is 10.5 Å². The average Bonchev–Trinajstić information content (AvgIpc) is 2.31. The van der Waals surface area contributed by atoms with Gasteiger partial charge >= 0.3 is 0 Å². The Balaban J connectivity index is 2.06. The molecule has 0 saturated carbocycles. The molecule has 0 aliphatic heterocycles. The van der Waals surface area contributed by atoms with Gasteiger partial charge in [0.05, 0.1) is 0 Å². The Morgan fingerprint density at radius 1 is 1.28 bits per heavy atom. The molecule has 0 bridgehead atoms. The Labute approximate surface area is 108 Å². The number of aryl methyl sites for hydroxylation is 1. The summed E-state index contributed by atoms with van der Waals surface area (Å²) in [7, 11) is 0. The van der Waals surface area contributed by atoms with Crippen LogP contribution < -0.4 is 10.5 Å². The van der Waals surface area contributed by atoms with Crippen molar-refractivity contribution in [1.82, 2.24) is 4.98 Å². The predicted molar refractivity (Wildman–Crippen MR) is 72.8 cm³/mol. The Hall–Kier alpha value is -1.87. The van der Waals surface area contributed by atoms with Gasteiger partial charge in [-0.3, -0.25) is 0 Å². The van der Waals surface area contributed by atoms with Gasteiger partial charge in [0.2, 0.25) is 5.88 Å². The first-order valence-corrected chi connectivity index (χ1v) is 6.08. The minimum atomic E-state index is 0.148. The molecule has 0 saturated heterocycles. The highest BCUT2D eigenvalue weighted by Crippen LogP contribution is 2.20. The van der Waals surface area contributed by atoms with E-state index in [0.717, 1.165) is 17.7 Å². The molecule has 1 heterocycles. The number of benzene rings is 1. The van der Waals surface area contributed by atoms with Crippen molar-refractivity contribution < 1.29 is 4.74 Å². The standard InChI is InChI=1S/C15H18N2O/c1-11-4-3-5-14(8-11)18-15-7-6-13(10-17-15)9-12(2)16/h3-8,10,12H,9,16H2,1-2H3. The SMILES string of the molecule is Cc1cccc(Oc2ccc(CC(C)N)cn2)c1. The van der Waals surface area contributed by atoms with Gasteiger partial charge in [-0.2, -0.15) is 0 Å². The summed E-state index contributed by atoms with van der Waals surface area (Å²) >= 11 is 0. The van der Waals surface area contributed by atoms with Crippen molar-refractivity contribution in [1.29, 1.82) is 0 Å². The molecule has 2 N–H and O–H groups in total. The largest absolute Gasteiger partial charge is 0.439 e. The van der Waals surface area contributed by atoms with E-state index in [2.05, 4.69) is 4.98 Å². The summed E-state index contributed by atoms with van der Waals surface area (Å²) in [5.74, 6) is 1.41.